The number of aryl methyl sites for hydroxylation is 2. The Kier molecular flexibility index (Phi) is 7.57. The highest BCUT2D eigenvalue weighted by atomic mass is 15.1. The number of nitrogens with zero attached hydrogens (tertiary/aromatic N) is 2. The van der Waals surface area contributed by atoms with Gasteiger partial charge in [0.15, 0.2) is 5.96 Å². The van der Waals surface area contributed by atoms with E-state index >= 15 is 0 Å². The van der Waals surface area contributed by atoms with Crippen LogP contribution in [0.2, 0.25) is 0 Å². The van der Waals surface area contributed by atoms with E-state index in [2.05, 4.69) is 54.2 Å². The van der Waals surface area contributed by atoms with Crippen LogP contribution < -0.4 is 11.1 Å². The topological polar surface area (TPSA) is 53.6 Å². The molecule has 1 heterocycles. The summed E-state index contributed by atoms with van der Waals surface area (Å²) in [4.78, 5) is 7.10. The summed E-state index contributed by atoms with van der Waals surface area (Å²) in [6.45, 7) is 11.1. The molecule has 0 aliphatic carbocycles. The third-order valence-electron chi connectivity index (χ3n) is 5.23. The van der Waals surface area contributed by atoms with Crippen LogP contribution in [0.3, 0.4) is 0 Å². The van der Waals surface area contributed by atoms with Gasteiger partial charge in [-0.1, -0.05) is 39.0 Å². The second kappa shape index (κ2) is 9.67. The van der Waals surface area contributed by atoms with E-state index in [-0.39, 0.29) is 0 Å². The van der Waals surface area contributed by atoms with Gasteiger partial charge in [0.25, 0.3) is 0 Å². The molecule has 1 fully saturated rings. The van der Waals surface area contributed by atoms with Gasteiger partial charge in [-0.05, 0) is 68.8 Å². The van der Waals surface area contributed by atoms with E-state index in [1.54, 1.807) is 0 Å². The van der Waals surface area contributed by atoms with Gasteiger partial charge in [0, 0.05) is 12.2 Å². The number of para-hydroxylation sites is 1. The van der Waals surface area contributed by atoms with Crippen molar-refractivity contribution < 1.29 is 0 Å². The molecule has 3 N–H and O–H groups in total. The predicted octanol–water partition coefficient (Wildman–Crippen LogP) is 3.66. The van der Waals surface area contributed by atoms with E-state index in [0.29, 0.717) is 5.96 Å². The normalized spacial score (nSPS) is 17.2. The molecule has 4 nitrogen and oxygen atoms in total. The molecule has 1 aromatic rings. The number of nitrogens with one attached hydrogen (secondary N) is 1. The minimum absolute atomic E-state index is 0.552. The highest BCUT2D eigenvalue weighted by Gasteiger charge is 2.17. The van der Waals surface area contributed by atoms with E-state index in [9.17, 15) is 0 Å². The summed E-state index contributed by atoms with van der Waals surface area (Å²) in [7, 11) is 0. The van der Waals surface area contributed by atoms with Crippen LogP contribution in [0.5, 0.6) is 0 Å². The van der Waals surface area contributed by atoms with Gasteiger partial charge in [0.05, 0.1) is 0 Å². The van der Waals surface area contributed by atoms with Crippen molar-refractivity contribution in [3.63, 3.8) is 0 Å². The maximum Gasteiger partial charge on any atom is 0.193 e. The van der Waals surface area contributed by atoms with Crippen molar-refractivity contribution in [2.45, 2.75) is 52.9 Å². The van der Waals surface area contributed by atoms with Gasteiger partial charge < -0.3 is 16.0 Å². The quantitative estimate of drug-likeness (QED) is 0.592. The van der Waals surface area contributed by atoms with Crippen molar-refractivity contribution in [3.05, 3.63) is 29.3 Å². The summed E-state index contributed by atoms with van der Waals surface area (Å²) in [6, 6.07) is 6.45. The Balaban J connectivity index is 1.86. The molecule has 0 atom stereocenters. The Bertz CT molecular complexity index is 508. The molecule has 1 aliphatic rings. The lowest BCUT2D eigenvalue weighted by Gasteiger charge is -2.30. The fourth-order valence-electron chi connectivity index (χ4n) is 3.53. The average molecular weight is 331 g/mol. The van der Waals surface area contributed by atoms with E-state index in [1.165, 1.54) is 43.6 Å². The molecular weight excluding hydrogens is 296 g/mol. The van der Waals surface area contributed by atoms with Crippen molar-refractivity contribution in [1.29, 1.82) is 0 Å². The Hall–Kier alpha value is -1.55. The third kappa shape index (κ3) is 5.23. The van der Waals surface area contributed by atoms with Gasteiger partial charge in [0.2, 0.25) is 0 Å². The Labute approximate surface area is 147 Å². The molecule has 134 valence electrons. The van der Waals surface area contributed by atoms with Gasteiger partial charge in [-0.2, -0.15) is 0 Å². The summed E-state index contributed by atoms with van der Waals surface area (Å²) in [5.41, 5.74) is 9.91. The number of anilines is 1. The van der Waals surface area contributed by atoms with Gasteiger partial charge in [-0.3, -0.25) is 4.99 Å². The molecule has 0 bridgehead atoms. The number of likely N-dealkylation sites (tertiary alicyclic amines) is 1. The number of nitrogens with two attached hydrogens (primary N) is 1. The first-order chi connectivity index (χ1) is 11.7. The SMILES string of the molecule is CCc1cccc(CC)c1NC(N)=NCCC1CCN(CC)CC1. The van der Waals surface area contributed by atoms with Crippen LogP contribution in [0.1, 0.15) is 51.2 Å². The van der Waals surface area contributed by atoms with E-state index in [0.717, 1.165) is 37.4 Å². The summed E-state index contributed by atoms with van der Waals surface area (Å²) in [5.74, 6) is 1.36. The fraction of sp³-hybridized carbons (Fsp3) is 0.650. The second-order valence-electron chi connectivity index (χ2n) is 6.72. The van der Waals surface area contributed by atoms with Crippen molar-refractivity contribution in [2.24, 2.45) is 16.6 Å². The fourth-order valence-corrected chi connectivity index (χ4v) is 3.53. The zero-order valence-corrected chi connectivity index (χ0v) is 15.6. The van der Waals surface area contributed by atoms with Crippen molar-refractivity contribution in [3.8, 4) is 0 Å². The molecule has 0 radical (unpaired) electrons. The Morgan fingerprint density at radius 3 is 2.33 bits per heavy atom. The molecule has 2 rings (SSSR count). The van der Waals surface area contributed by atoms with E-state index in [4.69, 9.17) is 5.73 Å². The lowest BCUT2D eigenvalue weighted by Crippen LogP contribution is -2.33. The average Bonchev–Trinajstić information content (AvgIpc) is 2.62. The van der Waals surface area contributed by atoms with E-state index in [1.807, 2.05) is 0 Å². The summed E-state index contributed by atoms with van der Waals surface area (Å²) >= 11 is 0. The molecule has 24 heavy (non-hydrogen) atoms. The summed E-state index contributed by atoms with van der Waals surface area (Å²) < 4.78 is 0. The largest absolute Gasteiger partial charge is 0.370 e. The van der Waals surface area contributed by atoms with Gasteiger partial charge in [-0.15, -0.1) is 0 Å². The molecule has 0 aromatic heterocycles. The zero-order chi connectivity index (χ0) is 17.4. The molecule has 1 aliphatic heterocycles. The number of aliphatic imine (C=N–C) groups is 1. The molecule has 0 amide bonds. The molecular formula is C20H34N4. The van der Waals surface area contributed by atoms with Crippen LogP contribution in [-0.2, 0) is 12.8 Å². The van der Waals surface area contributed by atoms with E-state index < -0.39 is 0 Å². The number of piperidine rings is 1. The standard InChI is InChI=1S/C20H34N4/c1-4-17-8-7-9-18(5-2)19(17)23-20(21)22-13-10-16-11-14-24(6-3)15-12-16/h7-9,16H,4-6,10-15H2,1-3H3,(H3,21,22,23). The highest BCUT2D eigenvalue weighted by molar-refractivity contribution is 5.93. The Morgan fingerprint density at radius 1 is 1.17 bits per heavy atom. The van der Waals surface area contributed by atoms with Crippen LogP contribution in [0, 0.1) is 5.92 Å². The maximum absolute atomic E-state index is 6.14. The monoisotopic (exact) mass is 330 g/mol. The van der Waals surface area contributed by atoms with Gasteiger partial charge >= 0.3 is 0 Å². The minimum Gasteiger partial charge on any atom is -0.370 e. The van der Waals surface area contributed by atoms with Crippen LogP contribution >= 0.6 is 0 Å². The smallest absolute Gasteiger partial charge is 0.193 e. The van der Waals surface area contributed by atoms with Crippen LogP contribution in [-0.4, -0.2) is 37.0 Å². The number of benzene rings is 1. The van der Waals surface area contributed by atoms with Crippen LogP contribution in [0.4, 0.5) is 5.69 Å². The maximum atomic E-state index is 6.14. The number of hydrogen-bond acceptors (Lipinski definition) is 2. The number of rotatable bonds is 7. The van der Waals surface area contributed by atoms with Crippen LogP contribution in [0.25, 0.3) is 0 Å². The van der Waals surface area contributed by atoms with Crippen molar-refractivity contribution >= 4 is 11.6 Å². The first kappa shape index (κ1) is 18.8. The number of guanidine groups is 1. The summed E-state index contributed by atoms with van der Waals surface area (Å²) in [5, 5.41) is 3.35. The van der Waals surface area contributed by atoms with Crippen molar-refractivity contribution in [2.75, 3.05) is 31.5 Å². The minimum atomic E-state index is 0.552. The molecule has 0 spiro atoms. The molecule has 4 heteroatoms. The van der Waals surface area contributed by atoms with Crippen molar-refractivity contribution in [1.82, 2.24) is 4.90 Å². The predicted molar refractivity (Wildman–Crippen MR) is 105 cm³/mol. The first-order valence-corrected chi connectivity index (χ1v) is 9.57. The molecule has 0 unspecified atom stereocenters. The summed E-state index contributed by atoms with van der Waals surface area (Å²) in [6.07, 6.45) is 5.75. The lowest BCUT2D eigenvalue weighted by molar-refractivity contribution is 0.188. The van der Waals surface area contributed by atoms with Crippen LogP contribution in [0.15, 0.2) is 23.2 Å². The second-order valence-corrected chi connectivity index (χ2v) is 6.72. The third-order valence-corrected chi connectivity index (χ3v) is 5.23. The highest BCUT2D eigenvalue weighted by Crippen LogP contribution is 2.23. The number of hydrogen-bond donors (Lipinski definition) is 2. The van der Waals surface area contributed by atoms with Gasteiger partial charge in [0.1, 0.15) is 0 Å². The molecule has 0 saturated carbocycles. The zero-order valence-electron chi connectivity index (χ0n) is 15.6. The molecule has 1 aromatic carbocycles. The Morgan fingerprint density at radius 2 is 1.79 bits per heavy atom. The molecule has 1 saturated heterocycles. The van der Waals surface area contributed by atoms with Gasteiger partial charge in [-0.25, -0.2) is 0 Å². The lowest BCUT2D eigenvalue weighted by atomic mass is 9.94. The first-order valence-electron chi connectivity index (χ1n) is 9.57.